The van der Waals surface area contributed by atoms with E-state index in [1.165, 1.54) is 26.2 Å². The zero-order valence-corrected chi connectivity index (χ0v) is 17.5. The highest BCUT2D eigenvalue weighted by molar-refractivity contribution is 6.23. The fourth-order valence-corrected chi connectivity index (χ4v) is 4.02. The summed E-state index contributed by atoms with van der Waals surface area (Å²) in [6, 6.07) is 12.9. The van der Waals surface area contributed by atoms with Crippen LogP contribution in [0.5, 0.6) is 0 Å². The van der Waals surface area contributed by atoms with E-state index in [0.29, 0.717) is 11.1 Å². The Morgan fingerprint density at radius 2 is 1.25 bits per heavy atom. The molecular formula is C24H20N2O6. The number of esters is 1. The highest BCUT2D eigenvalue weighted by Crippen LogP contribution is 2.32. The third-order valence-corrected chi connectivity index (χ3v) is 5.76. The van der Waals surface area contributed by atoms with Crippen LogP contribution in [0.4, 0.5) is 0 Å². The summed E-state index contributed by atoms with van der Waals surface area (Å²) in [4.78, 5) is 65.4. The quantitative estimate of drug-likeness (QED) is 0.395. The summed E-state index contributed by atoms with van der Waals surface area (Å²) in [6.45, 7) is 1.44. The second-order valence-electron chi connectivity index (χ2n) is 7.70. The summed E-state index contributed by atoms with van der Waals surface area (Å²) in [5.41, 5.74) is -0.460. The molecule has 0 fully saturated rings. The topological polar surface area (TPSA) is 101 Å². The normalized spacial score (nSPS) is 17.1. The van der Waals surface area contributed by atoms with Gasteiger partial charge in [-0.15, -0.1) is 0 Å². The van der Waals surface area contributed by atoms with Gasteiger partial charge in [0.05, 0.1) is 29.4 Å². The minimum Gasteiger partial charge on any atom is -0.467 e. The van der Waals surface area contributed by atoms with Crippen molar-refractivity contribution in [2.75, 3.05) is 13.7 Å². The van der Waals surface area contributed by atoms with Crippen molar-refractivity contribution in [2.45, 2.75) is 18.9 Å². The summed E-state index contributed by atoms with van der Waals surface area (Å²) < 4.78 is 4.89. The highest BCUT2D eigenvalue weighted by Gasteiger charge is 2.50. The van der Waals surface area contributed by atoms with Crippen LogP contribution in [0.15, 0.2) is 60.7 Å². The van der Waals surface area contributed by atoms with Gasteiger partial charge in [0, 0.05) is 6.54 Å². The van der Waals surface area contributed by atoms with Crippen LogP contribution in [0.1, 0.15) is 54.8 Å². The van der Waals surface area contributed by atoms with Crippen molar-refractivity contribution in [1.29, 1.82) is 0 Å². The standard InChI is InChI=1S/C24H20N2O6/c1-24(23(31)32-2,26-21(29)17-11-5-6-12-18(17)22(26)30)13-7-8-14-25-19(27)15-9-3-4-10-16(15)20(25)28/h3-12H,13-14H2,1-2H3. The molecule has 2 aliphatic heterocycles. The van der Waals surface area contributed by atoms with Gasteiger partial charge in [-0.05, 0) is 37.6 Å². The fourth-order valence-electron chi connectivity index (χ4n) is 4.02. The van der Waals surface area contributed by atoms with E-state index in [4.69, 9.17) is 4.74 Å². The van der Waals surface area contributed by atoms with Crippen LogP contribution in [-0.4, -0.2) is 58.6 Å². The number of hydrogen-bond donors (Lipinski definition) is 0. The van der Waals surface area contributed by atoms with Crippen LogP contribution in [0, 0.1) is 0 Å². The second-order valence-corrected chi connectivity index (χ2v) is 7.70. The van der Waals surface area contributed by atoms with Gasteiger partial charge in [0.2, 0.25) is 0 Å². The van der Waals surface area contributed by atoms with E-state index >= 15 is 0 Å². The Bertz CT molecular complexity index is 1130. The van der Waals surface area contributed by atoms with Gasteiger partial charge >= 0.3 is 5.97 Å². The number of benzene rings is 2. The van der Waals surface area contributed by atoms with Gasteiger partial charge < -0.3 is 4.74 Å². The maximum Gasteiger partial charge on any atom is 0.332 e. The molecular weight excluding hydrogens is 412 g/mol. The van der Waals surface area contributed by atoms with Crippen LogP contribution in [-0.2, 0) is 9.53 Å². The molecule has 2 aliphatic rings. The number of carbonyl (C=O) groups excluding carboxylic acids is 5. The smallest absolute Gasteiger partial charge is 0.332 e. The predicted octanol–water partition coefficient (Wildman–Crippen LogP) is 2.46. The van der Waals surface area contributed by atoms with Crippen LogP contribution in [0.2, 0.25) is 0 Å². The molecule has 8 nitrogen and oxygen atoms in total. The van der Waals surface area contributed by atoms with Crippen molar-refractivity contribution >= 4 is 29.6 Å². The summed E-state index contributed by atoms with van der Waals surface area (Å²) in [5.74, 6) is -2.70. The van der Waals surface area contributed by atoms with Gasteiger partial charge in [-0.1, -0.05) is 36.4 Å². The first kappa shape index (κ1) is 21.2. The molecule has 1 atom stereocenters. The molecule has 0 aromatic heterocycles. The van der Waals surface area contributed by atoms with E-state index in [0.717, 1.165) is 9.80 Å². The van der Waals surface area contributed by atoms with Gasteiger partial charge in [0.15, 0.2) is 0 Å². The van der Waals surface area contributed by atoms with Gasteiger partial charge in [0.1, 0.15) is 5.54 Å². The molecule has 0 spiro atoms. The van der Waals surface area contributed by atoms with Crippen LogP contribution >= 0.6 is 0 Å². The number of rotatable bonds is 6. The molecule has 2 aromatic carbocycles. The number of methoxy groups -OCH3 is 1. The lowest BCUT2D eigenvalue weighted by atomic mass is 9.95. The summed E-state index contributed by atoms with van der Waals surface area (Å²) in [7, 11) is 1.18. The van der Waals surface area contributed by atoms with E-state index in [9.17, 15) is 24.0 Å². The number of hydrogen-bond acceptors (Lipinski definition) is 6. The van der Waals surface area contributed by atoms with E-state index in [2.05, 4.69) is 0 Å². The molecule has 0 bridgehead atoms. The Kier molecular flexibility index (Phi) is 5.22. The number of fused-ring (bicyclic) bond motifs is 2. The van der Waals surface area contributed by atoms with Crippen molar-refractivity contribution in [3.8, 4) is 0 Å². The molecule has 0 N–H and O–H groups in total. The molecule has 0 saturated heterocycles. The van der Waals surface area contributed by atoms with Crippen LogP contribution in [0.25, 0.3) is 0 Å². The van der Waals surface area contributed by atoms with E-state index in [1.807, 2.05) is 0 Å². The first-order valence-corrected chi connectivity index (χ1v) is 9.98. The largest absolute Gasteiger partial charge is 0.467 e. The average molecular weight is 432 g/mol. The molecule has 4 rings (SSSR count). The number of imide groups is 2. The Labute approximate surface area is 184 Å². The molecule has 0 saturated carbocycles. The van der Waals surface area contributed by atoms with Gasteiger partial charge in [-0.25, -0.2) is 4.79 Å². The molecule has 8 heteroatoms. The number of nitrogens with zero attached hydrogens (tertiary/aromatic N) is 2. The lowest BCUT2D eigenvalue weighted by Crippen LogP contribution is -2.55. The van der Waals surface area contributed by atoms with E-state index < -0.39 is 35.1 Å². The number of ether oxygens (including phenoxy) is 1. The van der Waals surface area contributed by atoms with Crippen molar-refractivity contribution in [3.63, 3.8) is 0 Å². The predicted molar refractivity (Wildman–Crippen MR) is 113 cm³/mol. The zero-order valence-electron chi connectivity index (χ0n) is 17.5. The first-order chi connectivity index (χ1) is 15.3. The molecule has 1 unspecified atom stereocenters. The van der Waals surface area contributed by atoms with Gasteiger partial charge in [-0.3, -0.25) is 29.0 Å². The van der Waals surface area contributed by atoms with Crippen LogP contribution in [0.3, 0.4) is 0 Å². The molecule has 2 heterocycles. The molecule has 32 heavy (non-hydrogen) atoms. The van der Waals surface area contributed by atoms with Crippen molar-refractivity contribution in [2.24, 2.45) is 0 Å². The van der Waals surface area contributed by atoms with Crippen molar-refractivity contribution in [3.05, 3.63) is 82.9 Å². The third kappa shape index (κ3) is 3.11. The lowest BCUT2D eigenvalue weighted by Gasteiger charge is -2.33. The molecule has 0 radical (unpaired) electrons. The zero-order chi connectivity index (χ0) is 23.0. The summed E-state index contributed by atoms with van der Waals surface area (Å²) in [5, 5.41) is 0. The SMILES string of the molecule is COC(=O)C(C)(CC=CCN1C(=O)c2ccccc2C1=O)N1C(=O)c2ccccc2C1=O. The Hall–Kier alpha value is -4.07. The summed E-state index contributed by atoms with van der Waals surface area (Å²) >= 11 is 0. The first-order valence-electron chi connectivity index (χ1n) is 9.98. The lowest BCUT2D eigenvalue weighted by molar-refractivity contribution is -0.151. The second kappa shape index (κ2) is 7.88. The van der Waals surface area contributed by atoms with Gasteiger partial charge in [-0.2, -0.15) is 0 Å². The van der Waals surface area contributed by atoms with Crippen molar-refractivity contribution < 1.29 is 28.7 Å². The molecule has 4 amide bonds. The number of carbonyl (C=O) groups is 5. The Morgan fingerprint density at radius 1 is 0.812 bits per heavy atom. The Balaban J connectivity index is 1.54. The summed E-state index contributed by atoms with van der Waals surface area (Å²) in [6.07, 6.45) is 3.07. The molecule has 162 valence electrons. The highest BCUT2D eigenvalue weighted by atomic mass is 16.5. The minimum absolute atomic E-state index is 0.00822. The van der Waals surface area contributed by atoms with Crippen molar-refractivity contribution in [1.82, 2.24) is 9.80 Å². The van der Waals surface area contributed by atoms with E-state index in [-0.39, 0.29) is 24.1 Å². The van der Waals surface area contributed by atoms with E-state index in [1.54, 1.807) is 48.6 Å². The third-order valence-electron chi connectivity index (χ3n) is 5.76. The fraction of sp³-hybridized carbons (Fsp3) is 0.208. The van der Waals surface area contributed by atoms with Crippen LogP contribution < -0.4 is 0 Å². The maximum atomic E-state index is 12.9. The minimum atomic E-state index is -1.60. The monoisotopic (exact) mass is 432 g/mol. The van der Waals surface area contributed by atoms with Gasteiger partial charge in [0.25, 0.3) is 23.6 Å². The maximum absolute atomic E-state index is 12.9. The Morgan fingerprint density at radius 3 is 1.69 bits per heavy atom. The molecule has 2 aromatic rings. The average Bonchev–Trinajstić information content (AvgIpc) is 3.21. The number of amides is 4. The molecule has 0 aliphatic carbocycles.